The number of amides is 2. The lowest BCUT2D eigenvalue weighted by molar-refractivity contribution is 0.0955. The molecule has 0 radical (unpaired) electrons. The Balaban J connectivity index is 1.93. The fraction of sp³-hybridized carbons (Fsp3) is 0.562. The van der Waals surface area contributed by atoms with Gasteiger partial charge in [0, 0.05) is 12.8 Å². The minimum Gasteiger partial charge on any atom is -0.391 e. The summed E-state index contributed by atoms with van der Waals surface area (Å²) < 4.78 is 5.27. The summed E-state index contributed by atoms with van der Waals surface area (Å²) in [6.07, 6.45) is 3.20. The maximum atomic E-state index is 12.0. The predicted octanol–water partition coefficient (Wildman–Crippen LogP) is 2.82. The molecule has 1 aliphatic rings. The van der Waals surface area contributed by atoms with E-state index >= 15 is 0 Å². The van der Waals surface area contributed by atoms with Crippen LogP contribution in [0.15, 0.2) is 24.3 Å². The number of aliphatic hydroxyl groups excluding tert-OH is 1. The summed E-state index contributed by atoms with van der Waals surface area (Å²) >= 11 is 0. The fourth-order valence-electron chi connectivity index (χ4n) is 2.62. The van der Waals surface area contributed by atoms with Gasteiger partial charge in [0.1, 0.15) is 0 Å². The molecule has 1 aromatic rings. The molecular weight excluding hydrogens is 268 g/mol. The number of ether oxygens (including phenoxy) is 1. The van der Waals surface area contributed by atoms with E-state index in [2.05, 4.69) is 10.6 Å². The molecule has 5 nitrogen and oxygen atoms in total. The molecule has 2 rings (SSSR count). The van der Waals surface area contributed by atoms with Crippen LogP contribution >= 0.6 is 0 Å². The summed E-state index contributed by atoms with van der Waals surface area (Å²) in [5.74, 6) is 0. The molecule has 1 aliphatic carbocycles. The minimum atomic E-state index is -0.440. The second-order valence-corrected chi connectivity index (χ2v) is 5.56. The molecule has 1 saturated carbocycles. The zero-order valence-electron chi connectivity index (χ0n) is 12.6. The molecule has 0 aliphatic heterocycles. The van der Waals surface area contributed by atoms with Crippen molar-refractivity contribution in [1.29, 1.82) is 0 Å². The highest BCUT2D eigenvalue weighted by Gasteiger charge is 2.24. The number of anilines is 1. The lowest BCUT2D eigenvalue weighted by Gasteiger charge is -2.28. The quantitative estimate of drug-likeness (QED) is 0.799. The summed E-state index contributed by atoms with van der Waals surface area (Å²) in [7, 11) is 1.65. The van der Waals surface area contributed by atoms with Crippen molar-refractivity contribution in [2.45, 2.75) is 50.9 Å². The van der Waals surface area contributed by atoms with Crippen LogP contribution in [0.1, 0.15) is 44.3 Å². The third-order valence-electron chi connectivity index (χ3n) is 4.01. The highest BCUT2D eigenvalue weighted by molar-refractivity contribution is 5.89. The number of nitrogens with one attached hydrogen (secondary N) is 2. The number of rotatable bonds is 4. The Bertz CT molecular complexity index is 478. The molecule has 1 fully saturated rings. The minimum absolute atomic E-state index is 0.0185. The van der Waals surface area contributed by atoms with Crippen LogP contribution < -0.4 is 10.6 Å². The van der Waals surface area contributed by atoms with E-state index in [-0.39, 0.29) is 18.2 Å². The first kappa shape index (κ1) is 15.8. The zero-order valence-corrected chi connectivity index (χ0v) is 12.6. The number of hydrogen-bond donors (Lipinski definition) is 3. The lowest BCUT2D eigenvalue weighted by Crippen LogP contribution is -2.46. The van der Waals surface area contributed by atoms with Gasteiger partial charge in [-0.1, -0.05) is 25.0 Å². The number of carbonyl (C=O) groups is 1. The molecular formula is C16H24N2O3. The van der Waals surface area contributed by atoms with Crippen LogP contribution in [-0.4, -0.2) is 30.4 Å². The van der Waals surface area contributed by atoms with Gasteiger partial charge in [-0.15, -0.1) is 0 Å². The van der Waals surface area contributed by atoms with E-state index in [1.807, 2.05) is 31.2 Å². The van der Waals surface area contributed by atoms with Gasteiger partial charge in [-0.25, -0.2) is 4.79 Å². The first-order chi connectivity index (χ1) is 10.1. The topological polar surface area (TPSA) is 70.6 Å². The third kappa shape index (κ3) is 4.44. The van der Waals surface area contributed by atoms with Gasteiger partial charge in [0.05, 0.1) is 18.2 Å². The van der Waals surface area contributed by atoms with Crippen molar-refractivity contribution in [3.63, 3.8) is 0 Å². The van der Waals surface area contributed by atoms with Crippen LogP contribution in [0, 0.1) is 0 Å². The highest BCUT2D eigenvalue weighted by Crippen LogP contribution is 2.20. The Kier molecular flexibility index (Phi) is 5.59. The van der Waals surface area contributed by atoms with E-state index in [0.717, 1.165) is 36.9 Å². The number of hydrogen-bond acceptors (Lipinski definition) is 3. The second kappa shape index (κ2) is 7.43. The molecule has 0 spiro atoms. The summed E-state index contributed by atoms with van der Waals surface area (Å²) in [6, 6.07) is 7.15. The zero-order chi connectivity index (χ0) is 15.2. The van der Waals surface area contributed by atoms with E-state index in [0.29, 0.717) is 0 Å². The molecule has 0 saturated heterocycles. The molecule has 0 aromatic heterocycles. The average molecular weight is 292 g/mol. The molecule has 0 bridgehead atoms. The van der Waals surface area contributed by atoms with Crippen LogP contribution in [0.5, 0.6) is 0 Å². The van der Waals surface area contributed by atoms with Gasteiger partial charge in [-0.2, -0.15) is 0 Å². The molecule has 1 aromatic carbocycles. The van der Waals surface area contributed by atoms with Gasteiger partial charge in [-0.05, 0) is 37.5 Å². The molecule has 5 heteroatoms. The Morgan fingerprint density at radius 3 is 2.86 bits per heavy atom. The van der Waals surface area contributed by atoms with Crippen LogP contribution in [0.2, 0.25) is 0 Å². The van der Waals surface area contributed by atoms with Crippen LogP contribution in [-0.2, 0) is 4.74 Å². The molecule has 2 amide bonds. The Labute approximate surface area is 125 Å². The second-order valence-electron chi connectivity index (χ2n) is 5.56. The lowest BCUT2D eigenvalue weighted by atomic mass is 9.93. The molecule has 3 atom stereocenters. The van der Waals surface area contributed by atoms with Gasteiger partial charge < -0.3 is 20.5 Å². The number of carbonyl (C=O) groups excluding carboxylic acids is 1. The highest BCUT2D eigenvalue weighted by atomic mass is 16.5. The number of methoxy groups -OCH3 is 1. The van der Waals surface area contributed by atoms with Crippen molar-refractivity contribution in [3.05, 3.63) is 29.8 Å². The fourth-order valence-corrected chi connectivity index (χ4v) is 2.62. The predicted molar refractivity (Wildman–Crippen MR) is 82.3 cm³/mol. The summed E-state index contributed by atoms with van der Waals surface area (Å²) in [5.41, 5.74) is 1.73. The van der Waals surface area contributed by atoms with E-state index in [4.69, 9.17) is 4.74 Å². The summed E-state index contributed by atoms with van der Waals surface area (Å²) in [4.78, 5) is 12.0. The van der Waals surface area contributed by atoms with E-state index in [1.165, 1.54) is 0 Å². The Hall–Kier alpha value is -1.59. The molecule has 21 heavy (non-hydrogen) atoms. The van der Waals surface area contributed by atoms with Crippen LogP contribution in [0.4, 0.5) is 10.5 Å². The summed E-state index contributed by atoms with van der Waals surface area (Å²) in [5, 5.41) is 15.5. The van der Waals surface area contributed by atoms with Crippen molar-refractivity contribution in [1.82, 2.24) is 5.32 Å². The monoisotopic (exact) mass is 292 g/mol. The molecule has 0 heterocycles. The number of aliphatic hydroxyl groups is 1. The van der Waals surface area contributed by atoms with E-state index in [1.54, 1.807) is 7.11 Å². The maximum Gasteiger partial charge on any atom is 0.319 e. The SMILES string of the molecule is COC(C)c1cccc(NC(=O)NC2CCCCC2O)c1. The van der Waals surface area contributed by atoms with Gasteiger partial charge in [0.15, 0.2) is 0 Å². The van der Waals surface area contributed by atoms with Gasteiger partial charge in [0.2, 0.25) is 0 Å². The Morgan fingerprint density at radius 2 is 2.14 bits per heavy atom. The summed E-state index contributed by atoms with van der Waals surface area (Å²) in [6.45, 7) is 1.96. The van der Waals surface area contributed by atoms with Gasteiger partial charge in [0.25, 0.3) is 0 Å². The van der Waals surface area contributed by atoms with Crippen molar-refractivity contribution < 1.29 is 14.6 Å². The van der Waals surface area contributed by atoms with Crippen LogP contribution in [0.25, 0.3) is 0 Å². The molecule has 3 N–H and O–H groups in total. The normalized spacial score (nSPS) is 23.4. The van der Waals surface area contributed by atoms with E-state index < -0.39 is 6.10 Å². The van der Waals surface area contributed by atoms with Gasteiger partial charge in [-0.3, -0.25) is 0 Å². The number of benzene rings is 1. The van der Waals surface area contributed by atoms with Gasteiger partial charge >= 0.3 is 6.03 Å². The van der Waals surface area contributed by atoms with Crippen molar-refractivity contribution in [3.8, 4) is 0 Å². The first-order valence-electron chi connectivity index (χ1n) is 7.48. The first-order valence-corrected chi connectivity index (χ1v) is 7.48. The number of urea groups is 1. The third-order valence-corrected chi connectivity index (χ3v) is 4.01. The smallest absolute Gasteiger partial charge is 0.319 e. The molecule has 116 valence electrons. The van der Waals surface area contributed by atoms with Crippen LogP contribution in [0.3, 0.4) is 0 Å². The maximum absolute atomic E-state index is 12.0. The Morgan fingerprint density at radius 1 is 1.38 bits per heavy atom. The van der Waals surface area contributed by atoms with Crippen molar-refractivity contribution >= 4 is 11.7 Å². The standard InChI is InChI=1S/C16H24N2O3/c1-11(21-2)12-6-5-7-13(10-12)17-16(20)18-14-8-3-4-9-15(14)19/h5-7,10-11,14-15,19H,3-4,8-9H2,1-2H3,(H2,17,18,20). The van der Waals surface area contributed by atoms with Crippen molar-refractivity contribution in [2.75, 3.05) is 12.4 Å². The average Bonchev–Trinajstić information content (AvgIpc) is 2.49. The molecule has 3 unspecified atom stereocenters. The largest absolute Gasteiger partial charge is 0.391 e. The van der Waals surface area contributed by atoms with Crippen molar-refractivity contribution in [2.24, 2.45) is 0 Å². The van der Waals surface area contributed by atoms with E-state index in [9.17, 15) is 9.90 Å².